The molecule has 0 saturated heterocycles. The third-order valence-electron chi connectivity index (χ3n) is 3.53. The molecule has 0 fully saturated rings. The van der Waals surface area contributed by atoms with E-state index in [1.807, 2.05) is 6.92 Å². The molecule has 9 heteroatoms. The Labute approximate surface area is 160 Å². The van der Waals surface area contributed by atoms with Gasteiger partial charge in [-0.1, -0.05) is 13.0 Å². The lowest BCUT2D eigenvalue weighted by Gasteiger charge is -2.13. The number of methoxy groups -OCH3 is 1. The number of aromatic nitrogens is 1. The van der Waals surface area contributed by atoms with Gasteiger partial charge in [-0.15, -0.1) is 0 Å². The maximum Gasteiger partial charge on any atom is 0.422 e. The third kappa shape index (κ3) is 6.33. The normalized spacial score (nSPS) is 11.0. The Morgan fingerprint density at radius 1 is 1.18 bits per heavy atom. The van der Waals surface area contributed by atoms with E-state index in [9.17, 15) is 18.0 Å². The highest BCUT2D eigenvalue weighted by atomic mass is 19.4. The van der Waals surface area contributed by atoms with Crippen LogP contribution in [-0.4, -0.2) is 37.4 Å². The molecule has 0 bridgehead atoms. The zero-order valence-corrected chi connectivity index (χ0v) is 15.5. The number of halogens is 3. The van der Waals surface area contributed by atoms with E-state index in [4.69, 9.17) is 9.47 Å². The van der Waals surface area contributed by atoms with Crippen molar-refractivity contribution >= 4 is 5.91 Å². The first-order valence-electron chi connectivity index (χ1n) is 8.56. The fourth-order valence-corrected chi connectivity index (χ4v) is 2.26. The van der Waals surface area contributed by atoms with Crippen LogP contribution in [0.4, 0.5) is 13.2 Å². The molecule has 0 radical (unpaired) electrons. The van der Waals surface area contributed by atoms with Gasteiger partial charge < -0.3 is 19.5 Å². The zero-order valence-electron chi connectivity index (χ0n) is 15.5. The predicted molar refractivity (Wildman–Crippen MR) is 95.7 cm³/mol. The molecule has 0 atom stereocenters. The van der Waals surface area contributed by atoms with Gasteiger partial charge >= 0.3 is 6.18 Å². The van der Waals surface area contributed by atoms with E-state index in [0.29, 0.717) is 18.1 Å². The van der Waals surface area contributed by atoms with Gasteiger partial charge in [0, 0.05) is 12.7 Å². The van der Waals surface area contributed by atoms with Crippen molar-refractivity contribution in [2.45, 2.75) is 26.1 Å². The first-order chi connectivity index (χ1) is 13.3. The summed E-state index contributed by atoms with van der Waals surface area (Å²) in [6, 6.07) is 8.00. The summed E-state index contributed by atoms with van der Waals surface area (Å²) in [7, 11) is 1.51. The van der Waals surface area contributed by atoms with Crippen LogP contribution in [-0.2, 0) is 6.54 Å². The predicted octanol–water partition coefficient (Wildman–Crippen LogP) is 3.75. The topological polar surface area (TPSA) is 69.7 Å². The Kier molecular flexibility index (Phi) is 7.48. The third-order valence-corrected chi connectivity index (χ3v) is 3.53. The van der Waals surface area contributed by atoms with Crippen molar-refractivity contribution in [3.8, 4) is 17.4 Å². The Morgan fingerprint density at radius 3 is 2.64 bits per heavy atom. The summed E-state index contributed by atoms with van der Waals surface area (Å²) in [5, 5.41) is 2.63. The maximum absolute atomic E-state index is 12.4. The molecule has 28 heavy (non-hydrogen) atoms. The quantitative estimate of drug-likeness (QED) is 0.697. The van der Waals surface area contributed by atoms with E-state index < -0.39 is 18.7 Å². The number of benzene rings is 1. The molecule has 6 nitrogen and oxygen atoms in total. The fourth-order valence-electron chi connectivity index (χ4n) is 2.26. The number of hydrogen-bond acceptors (Lipinski definition) is 5. The molecule has 0 aliphatic heterocycles. The Morgan fingerprint density at radius 2 is 1.96 bits per heavy atom. The van der Waals surface area contributed by atoms with Crippen LogP contribution in [0.2, 0.25) is 0 Å². The lowest BCUT2D eigenvalue weighted by molar-refractivity contribution is -0.154. The minimum Gasteiger partial charge on any atom is -0.493 e. The van der Waals surface area contributed by atoms with Gasteiger partial charge in [-0.3, -0.25) is 4.79 Å². The maximum atomic E-state index is 12.4. The second kappa shape index (κ2) is 9.82. The number of ether oxygens (including phenoxy) is 3. The number of nitrogens with one attached hydrogen (secondary N) is 1. The van der Waals surface area contributed by atoms with Crippen LogP contribution in [0.15, 0.2) is 36.5 Å². The summed E-state index contributed by atoms with van der Waals surface area (Å²) in [5.74, 6) is 0.138. The van der Waals surface area contributed by atoms with Crippen LogP contribution in [0, 0.1) is 0 Å². The van der Waals surface area contributed by atoms with Crippen molar-refractivity contribution in [2.24, 2.45) is 0 Å². The lowest BCUT2D eigenvalue weighted by Crippen LogP contribution is -2.25. The number of carbonyl (C=O) groups excluding carboxylic acids is 1. The average molecular weight is 398 g/mol. The highest BCUT2D eigenvalue weighted by Gasteiger charge is 2.29. The summed E-state index contributed by atoms with van der Waals surface area (Å²) >= 11 is 0. The van der Waals surface area contributed by atoms with Crippen molar-refractivity contribution in [1.82, 2.24) is 10.3 Å². The molecule has 0 spiro atoms. The van der Waals surface area contributed by atoms with Crippen LogP contribution in [0.3, 0.4) is 0 Å². The first-order valence-corrected chi connectivity index (χ1v) is 8.56. The minimum atomic E-state index is -4.52. The number of hydrogen-bond donors (Lipinski definition) is 1. The van der Waals surface area contributed by atoms with Crippen LogP contribution >= 0.6 is 0 Å². The molecule has 0 unspecified atom stereocenters. The van der Waals surface area contributed by atoms with Gasteiger partial charge in [0.2, 0.25) is 5.88 Å². The smallest absolute Gasteiger partial charge is 0.422 e. The Bertz CT molecular complexity index is 797. The van der Waals surface area contributed by atoms with Crippen LogP contribution < -0.4 is 19.5 Å². The molecular weight excluding hydrogens is 377 g/mol. The van der Waals surface area contributed by atoms with E-state index in [-0.39, 0.29) is 18.0 Å². The van der Waals surface area contributed by atoms with Crippen LogP contribution in [0.5, 0.6) is 17.4 Å². The Hall–Kier alpha value is -2.97. The van der Waals surface area contributed by atoms with E-state index in [1.54, 1.807) is 18.2 Å². The van der Waals surface area contributed by atoms with E-state index >= 15 is 0 Å². The van der Waals surface area contributed by atoms with E-state index in [0.717, 1.165) is 12.0 Å². The molecular formula is C19H21F3N2O4. The highest BCUT2D eigenvalue weighted by molar-refractivity contribution is 5.96. The van der Waals surface area contributed by atoms with Crippen LogP contribution in [0.25, 0.3) is 0 Å². The summed E-state index contributed by atoms with van der Waals surface area (Å²) in [6.45, 7) is 1.15. The SMILES string of the molecule is CCCOc1ccc(CNC(=O)c2cccnc2OCC(F)(F)F)cc1OC. The standard InChI is InChI=1S/C19H21F3N2O4/c1-3-9-27-15-7-6-13(10-16(15)26-2)11-24-17(25)14-5-4-8-23-18(14)28-12-19(20,21)22/h4-8,10H,3,9,11-12H2,1-2H3,(H,24,25). The largest absolute Gasteiger partial charge is 0.493 e. The van der Waals surface area contributed by atoms with Gasteiger partial charge in [0.1, 0.15) is 5.56 Å². The van der Waals surface area contributed by atoms with Crippen molar-refractivity contribution < 1.29 is 32.2 Å². The molecule has 1 N–H and O–H groups in total. The van der Waals surface area contributed by atoms with E-state index in [2.05, 4.69) is 15.0 Å². The number of rotatable bonds is 9. The van der Waals surface area contributed by atoms with E-state index in [1.165, 1.54) is 25.4 Å². The number of alkyl halides is 3. The van der Waals surface area contributed by atoms with Crippen molar-refractivity contribution in [1.29, 1.82) is 0 Å². The highest BCUT2D eigenvalue weighted by Crippen LogP contribution is 2.28. The van der Waals surface area contributed by atoms with Gasteiger partial charge in [0.05, 0.1) is 13.7 Å². The van der Waals surface area contributed by atoms with Crippen molar-refractivity contribution in [3.63, 3.8) is 0 Å². The fraction of sp³-hybridized carbons (Fsp3) is 0.368. The monoisotopic (exact) mass is 398 g/mol. The molecule has 2 rings (SSSR count). The minimum absolute atomic E-state index is 0.0818. The van der Waals surface area contributed by atoms with Crippen molar-refractivity contribution in [3.05, 3.63) is 47.7 Å². The molecule has 0 aliphatic rings. The first kappa shape index (κ1) is 21.3. The number of nitrogens with zero attached hydrogens (tertiary/aromatic N) is 1. The summed E-state index contributed by atoms with van der Waals surface area (Å²) in [6.07, 6.45) is -2.42. The van der Waals surface area contributed by atoms with Crippen molar-refractivity contribution in [2.75, 3.05) is 20.3 Å². The molecule has 1 aromatic carbocycles. The Balaban J connectivity index is 2.04. The lowest BCUT2D eigenvalue weighted by atomic mass is 10.2. The summed E-state index contributed by atoms with van der Waals surface area (Å²) in [5.41, 5.74) is 0.650. The second-order valence-electron chi connectivity index (χ2n) is 5.78. The number of pyridine rings is 1. The van der Waals surface area contributed by atoms with Gasteiger partial charge in [-0.2, -0.15) is 13.2 Å². The molecule has 152 valence electrons. The summed E-state index contributed by atoms with van der Waals surface area (Å²) in [4.78, 5) is 16.1. The molecule has 1 amide bonds. The van der Waals surface area contributed by atoms with Crippen LogP contribution in [0.1, 0.15) is 29.3 Å². The zero-order chi connectivity index (χ0) is 20.6. The molecule has 0 saturated carbocycles. The second-order valence-corrected chi connectivity index (χ2v) is 5.78. The summed E-state index contributed by atoms with van der Waals surface area (Å²) < 4.78 is 52.5. The molecule has 2 aromatic rings. The van der Waals surface area contributed by atoms with Gasteiger partial charge in [0.25, 0.3) is 5.91 Å². The van der Waals surface area contributed by atoms with Gasteiger partial charge in [0.15, 0.2) is 18.1 Å². The van der Waals surface area contributed by atoms with Gasteiger partial charge in [-0.25, -0.2) is 4.98 Å². The molecule has 0 aliphatic carbocycles. The number of amides is 1. The number of carbonyl (C=O) groups is 1. The average Bonchev–Trinajstić information content (AvgIpc) is 2.68. The van der Waals surface area contributed by atoms with Gasteiger partial charge in [-0.05, 0) is 36.2 Å². The molecule has 1 aromatic heterocycles. The molecule has 1 heterocycles.